The fourth-order valence-corrected chi connectivity index (χ4v) is 2.57. The minimum atomic E-state index is -0.00625. The lowest BCUT2D eigenvalue weighted by atomic mass is 10.1. The van der Waals surface area contributed by atoms with E-state index in [-0.39, 0.29) is 17.5 Å². The molecule has 0 saturated carbocycles. The number of ketones is 1. The van der Waals surface area contributed by atoms with Gasteiger partial charge in [-0.1, -0.05) is 25.6 Å². The second kappa shape index (κ2) is 6.61. The number of nitrogen functional groups attached to an aromatic ring is 1. The second-order valence-electron chi connectivity index (χ2n) is 3.80. The molecule has 0 atom stereocenters. The molecule has 18 heavy (non-hydrogen) atoms. The van der Waals surface area contributed by atoms with E-state index in [4.69, 9.17) is 11.0 Å². The van der Waals surface area contributed by atoms with Crippen LogP contribution in [0.25, 0.3) is 0 Å². The first kappa shape index (κ1) is 14.8. The Bertz CT molecular complexity index is 497. The number of aromatic nitrogens is 2. The molecule has 7 heteroatoms. The standard InChI is InChI=1S/C11H14N4OS2/c1-6(2)8(16)5-18-11-14-9(13)7(4-12)10(15-11)17-3/h6H,5H2,1-3H3,(H2,13,14,15). The van der Waals surface area contributed by atoms with Gasteiger partial charge in [-0.3, -0.25) is 4.79 Å². The van der Waals surface area contributed by atoms with Crippen LogP contribution in [0.5, 0.6) is 0 Å². The SMILES string of the molecule is CSc1nc(SCC(=O)C(C)C)nc(N)c1C#N. The predicted molar refractivity (Wildman–Crippen MR) is 73.5 cm³/mol. The third kappa shape index (κ3) is 3.62. The lowest BCUT2D eigenvalue weighted by molar-refractivity contribution is -0.119. The van der Waals surface area contributed by atoms with Crippen molar-refractivity contribution in [3.8, 4) is 6.07 Å². The average Bonchev–Trinajstić information content (AvgIpc) is 2.34. The molecule has 1 heterocycles. The van der Waals surface area contributed by atoms with E-state index in [9.17, 15) is 4.79 Å². The molecule has 0 bridgehead atoms. The highest BCUT2D eigenvalue weighted by atomic mass is 32.2. The Hall–Kier alpha value is -1.26. The number of Topliss-reactive ketones (excluding diaryl/α,β-unsaturated/α-hetero) is 1. The number of carbonyl (C=O) groups excluding carboxylic acids is 1. The van der Waals surface area contributed by atoms with E-state index in [1.807, 2.05) is 26.2 Å². The molecule has 1 aromatic rings. The maximum atomic E-state index is 11.5. The lowest BCUT2D eigenvalue weighted by Crippen LogP contribution is -2.10. The number of hydrogen-bond donors (Lipinski definition) is 1. The zero-order chi connectivity index (χ0) is 13.7. The van der Waals surface area contributed by atoms with Gasteiger partial charge in [0, 0.05) is 5.92 Å². The fraction of sp³-hybridized carbons (Fsp3) is 0.455. The van der Waals surface area contributed by atoms with Gasteiger partial charge >= 0.3 is 0 Å². The number of hydrogen-bond acceptors (Lipinski definition) is 7. The van der Waals surface area contributed by atoms with E-state index in [1.54, 1.807) is 0 Å². The van der Waals surface area contributed by atoms with Crippen molar-refractivity contribution in [3.63, 3.8) is 0 Å². The highest BCUT2D eigenvalue weighted by molar-refractivity contribution is 8.00. The first-order valence-electron chi connectivity index (χ1n) is 5.26. The molecule has 0 radical (unpaired) electrons. The van der Waals surface area contributed by atoms with E-state index in [0.717, 1.165) is 0 Å². The maximum Gasteiger partial charge on any atom is 0.191 e. The van der Waals surface area contributed by atoms with Gasteiger partial charge in [-0.25, -0.2) is 9.97 Å². The number of rotatable bonds is 5. The number of nitriles is 1. The van der Waals surface area contributed by atoms with Gasteiger partial charge in [-0.05, 0) is 6.26 Å². The topological polar surface area (TPSA) is 92.7 Å². The maximum absolute atomic E-state index is 11.5. The molecule has 1 aromatic heterocycles. The van der Waals surface area contributed by atoms with Crippen LogP contribution < -0.4 is 5.73 Å². The van der Waals surface area contributed by atoms with Crippen LogP contribution in [0.1, 0.15) is 19.4 Å². The highest BCUT2D eigenvalue weighted by Gasteiger charge is 2.14. The molecule has 2 N–H and O–H groups in total. The number of nitrogens with two attached hydrogens (primary N) is 1. The number of carbonyl (C=O) groups is 1. The summed E-state index contributed by atoms with van der Waals surface area (Å²) in [7, 11) is 0. The minimum Gasteiger partial charge on any atom is -0.382 e. The van der Waals surface area contributed by atoms with Gasteiger partial charge in [0.2, 0.25) is 0 Å². The van der Waals surface area contributed by atoms with Gasteiger partial charge in [0.25, 0.3) is 0 Å². The average molecular weight is 282 g/mol. The Morgan fingerprint density at radius 1 is 1.50 bits per heavy atom. The molecule has 1 rings (SSSR count). The Morgan fingerprint density at radius 3 is 2.67 bits per heavy atom. The minimum absolute atomic E-state index is 0.00625. The molecule has 0 amide bonds. The summed E-state index contributed by atoms with van der Waals surface area (Å²) < 4.78 is 0. The molecule has 0 spiro atoms. The van der Waals surface area contributed by atoms with Crippen LogP contribution >= 0.6 is 23.5 Å². The fourth-order valence-electron chi connectivity index (χ4n) is 1.06. The van der Waals surface area contributed by atoms with E-state index in [2.05, 4.69) is 9.97 Å². The van der Waals surface area contributed by atoms with Crippen LogP contribution in [0.4, 0.5) is 5.82 Å². The van der Waals surface area contributed by atoms with Crippen LogP contribution in [0.15, 0.2) is 10.2 Å². The van der Waals surface area contributed by atoms with E-state index in [1.165, 1.54) is 23.5 Å². The number of thioether (sulfide) groups is 2. The third-order valence-corrected chi connectivity index (χ3v) is 3.73. The van der Waals surface area contributed by atoms with Crippen molar-refractivity contribution < 1.29 is 4.79 Å². The molecular formula is C11H14N4OS2. The molecular weight excluding hydrogens is 268 g/mol. The summed E-state index contributed by atoms with van der Waals surface area (Å²) in [6, 6.07) is 1.98. The van der Waals surface area contributed by atoms with Gasteiger partial charge in [-0.2, -0.15) is 5.26 Å². The Balaban J connectivity index is 2.89. The van der Waals surface area contributed by atoms with Crippen LogP contribution in [0, 0.1) is 17.2 Å². The normalized spacial score (nSPS) is 10.4. The summed E-state index contributed by atoms with van der Waals surface area (Å²) in [6.45, 7) is 3.70. The van der Waals surface area contributed by atoms with E-state index < -0.39 is 0 Å². The van der Waals surface area contributed by atoms with Crippen LogP contribution in [-0.2, 0) is 4.79 Å². The summed E-state index contributed by atoms with van der Waals surface area (Å²) in [5.41, 5.74) is 5.98. The summed E-state index contributed by atoms with van der Waals surface area (Å²) in [6.07, 6.45) is 1.82. The van der Waals surface area contributed by atoms with Crippen molar-refractivity contribution in [3.05, 3.63) is 5.56 Å². The molecule has 0 aliphatic carbocycles. The van der Waals surface area contributed by atoms with Crippen molar-refractivity contribution in [2.75, 3.05) is 17.7 Å². The Labute approximate surface area is 115 Å². The summed E-state index contributed by atoms with van der Waals surface area (Å²) in [5.74, 6) is 0.610. The number of anilines is 1. The van der Waals surface area contributed by atoms with Gasteiger partial charge < -0.3 is 5.73 Å². The van der Waals surface area contributed by atoms with Crippen molar-refractivity contribution in [2.45, 2.75) is 24.0 Å². The van der Waals surface area contributed by atoms with Crippen molar-refractivity contribution >= 4 is 35.1 Å². The summed E-state index contributed by atoms with van der Waals surface area (Å²) in [5, 5.41) is 9.91. The summed E-state index contributed by atoms with van der Waals surface area (Å²) >= 11 is 2.58. The van der Waals surface area contributed by atoms with E-state index in [0.29, 0.717) is 21.5 Å². The molecule has 0 unspecified atom stereocenters. The van der Waals surface area contributed by atoms with Gasteiger partial charge in [-0.15, -0.1) is 11.8 Å². The smallest absolute Gasteiger partial charge is 0.191 e. The van der Waals surface area contributed by atoms with Gasteiger partial charge in [0.15, 0.2) is 5.16 Å². The van der Waals surface area contributed by atoms with Crippen molar-refractivity contribution in [1.82, 2.24) is 9.97 Å². The molecule has 0 aromatic carbocycles. The van der Waals surface area contributed by atoms with Crippen LogP contribution in [0.3, 0.4) is 0 Å². The highest BCUT2D eigenvalue weighted by Crippen LogP contribution is 2.25. The monoisotopic (exact) mass is 282 g/mol. The number of nitrogens with zero attached hydrogens (tertiary/aromatic N) is 3. The largest absolute Gasteiger partial charge is 0.382 e. The second-order valence-corrected chi connectivity index (χ2v) is 5.53. The third-order valence-electron chi connectivity index (χ3n) is 2.18. The molecule has 0 saturated heterocycles. The molecule has 0 aliphatic rings. The Morgan fingerprint density at radius 2 is 2.17 bits per heavy atom. The van der Waals surface area contributed by atoms with E-state index >= 15 is 0 Å². The van der Waals surface area contributed by atoms with Crippen molar-refractivity contribution in [1.29, 1.82) is 5.26 Å². The molecule has 5 nitrogen and oxygen atoms in total. The Kier molecular flexibility index (Phi) is 5.44. The van der Waals surface area contributed by atoms with Gasteiger partial charge in [0.05, 0.1) is 5.75 Å². The first-order valence-corrected chi connectivity index (χ1v) is 7.47. The zero-order valence-corrected chi connectivity index (χ0v) is 12.1. The van der Waals surface area contributed by atoms with Crippen molar-refractivity contribution in [2.24, 2.45) is 5.92 Å². The molecule has 0 fully saturated rings. The quantitative estimate of drug-likeness (QED) is 0.501. The predicted octanol–water partition coefficient (Wildman–Crippen LogP) is 1.97. The van der Waals surface area contributed by atoms with Crippen LogP contribution in [-0.4, -0.2) is 27.8 Å². The lowest BCUT2D eigenvalue weighted by Gasteiger charge is -2.06. The summed E-state index contributed by atoms with van der Waals surface area (Å²) in [4.78, 5) is 19.8. The molecule has 0 aliphatic heterocycles. The molecule has 96 valence electrons. The first-order chi connectivity index (χ1) is 8.49. The van der Waals surface area contributed by atoms with Gasteiger partial charge in [0.1, 0.15) is 28.3 Å². The van der Waals surface area contributed by atoms with Crippen LogP contribution in [0.2, 0.25) is 0 Å². The zero-order valence-electron chi connectivity index (χ0n) is 10.4.